The Labute approximate surface area is 207 Å². The summed E-state index contributed by atoms with van der Waals surface area (Å²) in [5, 5.41) is 6.49. The van der Waals surface area contributed by atoms with Crippen molar-refractivity contribution in [2.24, 2.45) is 17.6 Å². The number of primary amides is 1. The van der Waals surface area contributed by atoms with Gasteiger partial charge in [0, 0.05) is 6.54 Å². The van der Waals surface area contributed by atoms with Gasteiger partial charge in [0.25, 0.3) is 0 Å². The van der Waals surface area contributed by atoms with E-state index in [2.05, 4.69) is 17.6 Å². The zero-order chi connectivity index (χ0) is 25.1. The van der Waals surface area contributed by atoms with Crippen molar-refractivity contribution in [1.82, 2.24) is 15.5 Å². The van der Waals surface area contributed by atoms with Crippen molar-refractivity contribution in [3.63, 3.8) is 0 Å². The Morgan fingerprint density at radius 3 is 2.44 bits per heavy atom. The minimum atomic E-state index is -0.706. The molecule has 2 rings (SSSR count). The normalized spacial score (nSPS) is 23.3. The van der Waals surface area contributed by atoms with Gasteiger partial charge in [-0.15, -0.1) is 0 Å². The number of likely N-dealkylation sites (tertiary alicyclic amines) is 1. The van der Waals surface area contributed by atoms with E-state index in [9.17, 15) is 14.4 Å². The fourth-order valence-corrected chi connectivity index (χ4v) is 5.88. The Morgan fingerprint density at radius 1 is 1.15 bits per heavy atom. The topological polar surface area (TPSA) is 105 Å². The van der Waals surface area contributed by atoms with Crippen LogP contribution < -0.4 is 16.4 Å². The van der Waals surface area contributed by atoms with Crippen LogP contribution in [0.3, 0.4) is 0 Å². The lowest BCUT2D eigenvalue weighted by atomic mass is 9.86. The summed E-state index contributed by atoms with van der Waals surface area (Å²) in [6.07, 6.45) is 13.4. The molecule has 0 spiro atoms. The molecule has 1 saturated heterocycles. The summed E-state index contributed by atoms with van der Waals surface area (Å²) in [6, 6.07) is -1.27. The SMILES string of the molecule is CCC[C@H](C(=O)N[C@@H](CC(C)C)C(N)=O)N1CC[C@@](CCC)(NCCCC2CCCCC2)C1=O. The minimum Gasteiger partial charge on any atom is -0.368 e. The molecule has 0 aromatic rings. The Hall–Kier alpha value is -1.63. The molecule has 2 aliphatic rings. The van der Waals surface area contributed by atoms with E-state index in [1.54, 1.807) is 4.90 Å². The highest BCUT2D eigenvalue weighted by Crippen LogP contribution is 2.31. The minimum absolute atomic E-state index is 0.0418. The molecule has 2 fully saturated rings. The van der Waals surface area contributed by atoms with E-state index in [1.807, 2.05) is 20.8 Å². The molecule has 7 nitrogen and oxygen atoms in total. The molecule has 196 valence electrons. The first-order valence-electron chi connectivity index (χ1n) is 13.9. The molecule has 1 heterocycles. The summed E-state index contributed by atoms with van der Waals surface area (Å²) in [7, 11) is 0. The number of hydrogen-bond acceptors (Lipinski definition) is 4. The van der Waals surface area contributed by atoms with Crippen LogP contribution in [-0.4, -0.2) is 53.3 Å². The van der Waals surface area contributed by atoms with Gasteiger partial charge in [0.15, 0.2) is 0 Å². The van der Waals surface area contributed by atoms with Gasteiger partial charge in [-0.05, 0) is 56.9 Å². The molecule has 0 radical (unpaired) electrons. The first-order chi connectivity index (χ1) is 16.2. The quantitative estimate of drug-likeness (QED) is 0.311. The first kappa shape index (κ1) is 28.6. The van der Waals surface area contributed by atoms with Crippen LogP contribution in [0.1, 0.15) is 111 Å². The van der Waals surface area contributed by atoms with Gasteiger partial charge < -0.3 is 21.3 Å². The van der Waals surface area contributed by atoms with Gasteiger partial charge in [-0.3, -0.25) is 14.4 Å². The highest BCUT2D eigenvalue weighted by Gasteiger charge is 2.48. The number of carbonyl (C=O) groups is 3. The van der Waals surface area contributed by atoms with Crippen LogP contribution in [0.2, 0.25) is 0 Å². The Kier molecular flexibility index (Phi) is 11.8. The summed E-state index contributed by atoms with van der Waals surface area (Å²) in [4.78, 5) is 40.6. The van der Waals surface area contributed by atoms with Crippen molar-refractivity contribution >= 4 is 17.7 Å². The van der Waals surface area contributed by atoms with Crippen LogP contribution in [0.25, 0.3) is 0 Å². The maximum atomic E-state index is 13.7. The Morgan fingerprint density at radius 2 is 1.85 bits per heavy atom. The second kappa shape index (κ2) is 14.1. The van der Waals surface area contributed by atoms with Crippen molar-refractivity contribution in [3.05, 3.63) is 0 Å². The van der Waals surface area contributed by atoms with E-state index >= 15 is 0 Å². The average Bonchev–Trinajstić information content (AvgIpc) is 3.11. The molecule has 0 unspecified atom stereocenters. The maximum Gasteiger partial charge on any atom is 0.243 e. The molecule has 4 N–H and O–H groups in total. The Balaban J connectivity index is 2.03. The third-order valence-electron chi connectivity index (χ3n) is 7.71. The number of rotatable bonds is 15. The smallest absolute Gasteiger partial charge is 0.243 e. The van der Waals surface area contributed by atoms with E-state index in [0.29, 0.717) is 19.4 Å². The molecule has 0 bridgehead atoms. The fraction of sp³-hybridized carbons (Fsp3) is 0.889. The number of nitrogens with one attached hydrogen (secondary N) is 2. The van der Waals surface area contributed by atoms with E-state index in [0.717, 1.165) is 44.6 Å². The van der Waals surface area contributed by atoms with Gasteiger partial charge >= 0.3 is 0 Å². The van der Waals surface area contributed by atoms with E-state index in [1.165, 1.54) is 38.5 Å². The average molecular weight is 479 g/mol. The first-order valence-corrected chi connectivity index (χ1v) is 13.9. The van der Waals surface area contributed by atoms with Crippen molar-refractivity contribution in [1.29, 1.82) is 0 Å². The number of nitrogens with two attached hydrogens (primary N) is 1. The van der Waals surface area contributed by atoms with Crippen molar-refractivity contribution in [2.45, 2.75) is 129 Å². The zero-order valence-corrected chi connectivity index (χ0v) is 22.2. The van der Waals surface area contributed by atoms with E-state index in [4.69, 9.17) is 5.73 Å². The monoisotopic (exact) mass is 478 g/mol. The molecule has 1 aliphatic carbocycles. The fourth-order valence-electron chi connectivity index (χ4n) is 5.88. The third kappa shape index (κ3) is 7.96. The predicted molar refractivity (Wildman–Crippen MR) is 137 cm³/mol. The van der Waals surface area contributed by atoms with Crippen LogP contribution in [0.15, 0.2) is 0 Å². The van der Waals surface area contributed by atoms with Crippen LogP contribution in [0, 0.1) is 11.8 Å². The van der Waals surface area contributed by atoms with Crippen LogP contribution >= 0.6 is 0 Å². The number of nitrogens with zero attached hydrogens (tertiary/aromatic N) is 1. The molecule has 0 aromatic carbocycles. The lowest BCUT2D eigenvalue weighted by molar-refractivity contribution is -0.142. The van der Waals surface area contributed by atoms with E-state index in [-0.39, 0.29) is 17.7 Å². The van der Waals surface area contributed by atoms with Gasteiger partial charge in [-0.2, -0.15) is 0 Å². The molecule has 3 atom stereocenters. The van der Waals surface area contributed by atoms with E-state index < -0.39 is 23.5 Å². The zero-order valence-electron chi connectivity index (χ0n) is 22.2. The summed E-state index contributed by atoms with van der Waals surface area (Å²) >= 11 is 0. The largest absolute Gasteiger partial charge is 0.368 e. The van der Waals surface area contributed by atoms with Gasteiger partial charge in [0.1, 0.15) is 12.1 Å². The van der Waals surface area contributed by atoms with Gasteiger partial charge in [0.2, 0.25) is 17.7 Å². The molecule has 1 saturated carbocycles. The standard InChI is InChI=1S/C27H50N4O3/c1-5-11-23(25(33)30-22(24(28)32)19-20(3)4)31-18-16-27(15-6-2,26(31)34)29-17-10-14-21-12-8-7-9-13-21/h20-23,29H,5-19H2,1-4H3,(H2,28,32)(H,30,33)/t22-,23+,27+/m0/s1. The van der Waals surface area contributed by atoms with Gasteiger partial charge in [0.05, 0.1) is 5.54 Å². The number of hydrogen-bond donors (Lipinski definition) is 3. The highest BCUT2D eigenvalue weighted by molar-refractivity contribution is 5.95. The lowest BCUT2D eigenvalue weighted by Gasteiger charge is -2.33. The molecule has 3 amide bonds. The molecule has 1 aliphatic heterocycles. The van der Waals surface area contributed by atoms with Crippen molar-refractivity contribution < 1.29 is 14.4 Å². The molecular weight excluding hydrogens is 428 g/mol. The molecule has 7 heteroatoms. The summed E-state index contributed by atoms with van der Waals surface area (Å²) < 4.78 is 0. The summed E-state index contributed by atoms with van der Waals surface area (Å²) in [6.45, 7) is 9.53. The third-order valence-corrected chi connectivity index (χ3v) is 7.71. The Bertz CT molecular complexity index is 662. The second-order valence-electron chi connectivity index (χ2n) is 11.1. The number of carbonyl (C=O) groups excluding carboxylic acids is 3. The predicted octanol–water partition coefficient (Wildman–Crippen LogP) is 3.89. The molecular formula is C27H50N4O3. The van der Waals surface area contributed by atoms with Crippen LogP contribution in [-0.2, 0) is 14.4 Å². The molecule has 34 heavy (non-hydrogen) atoms. The number of amides is 3. The van der Waals surface area contributed by atoms with Crippen molar-refractivity contribution in [2.75, 3.05) is 13.1 Å². The second-order valence-corrected chi connectivity index (χ2v) is 11.1. The van der Waals surface area contributed by atoms with Crippen LogP contribution in [0.5, 0.6) is 0 Å². The van der Waals surface area contributed by atoms with Crippen molar-refractivity contribution in [3.8, 4) is 0 Å². The summed E-state index contributed by atoms with van der Waals surface area (Å²) in [5.74, 6) is 0.329. The molecule has 0 aromatic heterocycles. The lowest BCUT2D eigenvalue weighted by Crippen LogP contribution is -2.57. The van der Waals surface area contributed by atoms with Gasteiger partial charge in [-0.25, -0.2) is 0 Å². The maximum absolute atomic E-state index is 13.7. The van der Waals surface area contributed by atoms with Crippen LogP contribution in [0.4, 0.5) is 0 Å². The summed E-state index contributed by atoms with van der Waals surface area (Å²) in [5.41, 5.74) is 4.97. The highest BCUT2D eigenvalue weighted by atomic mass is 16.2. The van der Waals surface area contributed by atoms with Gasteiger partial charge in [-0.1, -0.05) is 72.6 Å².